The van der Waals surface area contributed by atoms with Gasteiger partial charge in [0.05, 0.1) is 23.1 Å². The highest BCUT2D eigenvalue weighted by atomic mass is 35.5. The molecule has 8 atom stereocenters. The number of fused-ring (bicyclic) bond motifs is 3. The number of phenolic OH excluding ortho intramolecular Hbond substituents is 1. The van der Waals surface area contributed by atoms with Gasteiger partial charge < -0.3 is 24.6 Å². The smallest absolute Gasteiger partial charge is 0.264 e. The Kier molecular flexibility index (Phi) is 4.81. The average Bonchev–Trinajstić information content (AvgIpc) is 3.74. The van der Waals surface area contributed by atoms with Crippen molar-refractivity contribution in [3.05, 3.63) is 52.5 Å². The molecule has 3 aliphatic carbocycles. The maximum atomic E-state index is 13.7. The lowest BCUT2D eigenvalue weighted by Gasteiger charge is -2.53. The molecule has 3 heterocycles. The summed E-state index contributed by atoms with van der Waals surface area (Å²) in [6, 6.07) is 11.0. The van der Waals surface area contributed by atoms with Gasteiger partial charge in [0.1, 0.15) is 11.9 Å². The molecule has 2 saturated heterocycles. The Morgan fingerprint density at radius 3 is 2.66 bits per heavy atom. The summed E-state index contributed by atoms with van der Waals surface area (Å²) < 4.78 is 12.7. The van der Waals surface area contributed by atoms with Crippen LogP contribution in [0.1, 0.15) is 49.7 Å². The van der Waals surface area contributed by atoms with E-state index < -0.39 is 23.2 Å². The highest BCUT2D eigenvalue weighted by Gasteiger charge is 2.81. The lowest BCUT2D eigenvalue weighted by atomic mass is 9.57. The first-order valence-electron chi connectivity index (χ1n) is 14.0. The molecule has 38 heavy (non-hydrogen) atoms. The number of aliphatic hydroxyl groups is 1. The van der Waals surface area contributed by atoms with Gasteiger partial charge in [-0.3, -0.25) is 9.69 Å². The molecule has 2 aromatic rings. The zero-order valence-electron chi connectivity index (χ0n) is 21.5. The zero-order chi connectivity index (χ0) is 26.0. The number of phenols is 1. The lowest BCUT2D eigenvalue weighted by Crippen LogP contribution is -2.68. The number of hydrogen-bond acceptors (Lipinski definition) is 6. The minimum Gasteiger partial charge on any atom is -0.504 e. The van der Waals surface area contributed by atoms with E-state index in [0.29, 0.717) is 48.4 Å². The van der Waals surface area contributed by atoms with E-state index in [4.69, 9.17) is 21.1 Å². The van der Waals surface area contributed by atoms with Crippen molar-refractivity contribution < 1.29 is 24.5 Å². The number of ether oxygens (including phenoxy) is 2. The number of aryl methyl sites for hydroxylation is 1. The van der Waals surface area contributed by atoms with Crippen LogP contribution >= 0.6 is 11.6 Å². The summed E-state index contributed by atoms with van der Waals surface area (Å²) in [4.78, 5) is 18.1. The van der Waals surface area contributed by atoms with Crippen molar-refractivity contribution >= 4 is 17.5 Å². The average molecular weight is 537 g/mol. The molecular weight excluding hydrogens is 504 g/mol. The largest absolute Gasteiger partial charge is 0.504 e. The van der Waals surface area contributed by atoms with Crippen LogP contribution in [0.25, 0.3) is 0 Å². The fraction of sp³-hybridized carbons (Fsp3) is 0.567. The van der Waals surface area contributed by atoms with Gasteiger partial charge in [-0.1, -0.05) is 17.7 Å². The minimum absolute atomic E-state index is 0.0374. The first-order valence-corrected chi connectivity index (χ1v) is 14.4. The zero-order valence-corrected chi connectivity index (χ0v) is 22.2. The predicted octanol–water partition coefficient (Wildman–Crippen LogP) is 3.79. The molecule has 8 heteroatoms. The van der Waals surface area contributed by atoms with Crippen LogP contribution in [0, 0.1) is 12.8 Å². The minimum atomic E-state index is -0.945. The number of benzene rings is 2. The summed E-state index contributed by atoms with van der Waals surface area (Å²) in [5.41, 5.74) is 0.401. The van der Waals surface area contributed by atoms with Gasteiger partial charge in [-0.15, -0.1) is 0 Å². The van der Waals surface area contributed by atoms with Crippen molar-refractivity contribution in [2.75, 3.05) is 13.1 Å². The van der Waals surface area contributed by atoms with Crippen LogP contribution in [0.5, 0.6) is 17.2 Å². The lowest BCUT2D eigenvalue weighted by molar-refractivity contribution is -0.151. The molecule has 7 nitrogen and oxygen atoms in total. The normalized spacial score (nSPS) is 40.3. The highest BCUT2D eigenvalue weighted by Crippen LogP contribution is 2.70. The summed E-state index contributed by atoms with van der Waals surface area (Å²) in [6.07, 6.45) is 4.29. The Morgan fingerprint density at radius 1 is 1.11 bits per heavy atom. The van der Waals surface area contributed by atoms with E-state index >= 15 is 0 Å². The van der Waals surface area contributed by atoms with E-state index in [9.17, 15) is 15.0 Å². The number of nitrogens with zero attached hydrogens (tertiary/aromatic N) is 2. The molecule has 0 bridgehead atoms. The molecule has 0 radical (unpaired) electrons. The Balaban J connectivity index is 1.13. The second-order valence-corrected chi connectivity index (χ2v) is 12.8. The van der Waals surface area contributed by atoms with Gasteiger partial charge in [-0.2, -0.15) is 0 Å². The molecule has 3 aliphatic heterocycles. The van der Waals surface area contributed by atoms with Crippen molar-refractivity contribution in [1.82, 2.24) is 9.80 Å². The molecule has 1 amide bonds. The molecule has 3 saturated carbocycles. The van der Waals surface area contributed by atoms with Crippen LogP contribution in [0.3, 0.4) is 0 Å². The molecule has 5 fully saturated rings. The highest BCUT2D eigenvalue weighted by molar-refractivity contribution is 6.30. The van der Waals surface area contributed by atoms with E-state index in [2.05, 4.69) is 4.90 Å². The van der Waals surface area contributed by atoms with Crippen LogP contribution in [-0.2, 0) is 10.2 Å². The Labute approximate surface area is 227 Å². The number of carbonyl (C=O) groups excluding carboxylic acids is 1. The van der Waals surface area contributed by atoms with Gasteiger partial charge in [-0.05, 0) is 80.8 Å². The SMILES string of the molecule is Cc1ccc(O)c2c1[C@]13CC4[C@@H](N4CC4CC4)[C@]1(O)CC[C@@H](N1CCC(Oc4ccc(Cl)cc4)C1=O)[C@@H]3O2. The van der Waals surface area contributed by atoms with Crippen molar-refractivity contribution in [2.45, 2.75) is 86.8 Å². The maximum Gasteiger partial charge on any atom is 0.264 e. The Hall–Kier alpha value is -2.48. The van der Waals surface area contributed by atoms with Gasteiger partial charge in [0.2, 0.25) is 0 Å². The van der Waals surface area contributed by atoms with E-state index in [1.165, 1.54) is 12.8 Å². The third-order valence-electron chi connectivity index (χ3n) is 10.4. The van der Waals surface area contributed by atoms with E-state index in [-0.39, 0.29) is 23.7 Å². The van der Waals surface area contributed by atoms with Gasteiger partial charge >= 0.3 is 0 Å². The van der Waals surface area contributed by atoms with Crippen LogP contribution in [0.4, 0.5) is 0 Å². The third kappa shape index (κ3) is 3.01. The number of aromatic hydroxyl groups is 1. The second-order valence-electron chi connectivity index (χ2n) is 12.4. The number of hydrogen-bond donors (Lipinski definition) is 2. The van der Waals surface area contributed by atoms with Gasteiger partial charge in [-0.25, -0.2) is 0 Å². The Bertz CT molecular complexity index is 1330. The maximum absolute atomic E-state index is 13.7. The van der Waals surface area contributed by atoms with Crippen LogP contribution in [0.2, 0.25) is 5.02 Å². The van der Waals surface area contributed by atoms with Crippen molar-refractivity contribution in [1.29, 1.82) is 0 Å². The van der Waals surface area contributed by atoms with E-state index in [0.717, 1.165) is 30.0 Å². The fourth-order valence-corrected chi connectivity index (χ4v) is 8.70. The van der Waals surface area contributed by atoms with Crippen LogP contribution in [-0.4, -0.2) is 74.9 Å². The topological polar surface area (TPSA) is 82.2 Å². The summed E-state index contributed by atoms with van der Waals surface area (Å²) in [5, 5.41) is 24.1. The first-order chi connectivity index (χ1) is 18.3. The van der Waals surface area contributed by atoms with Crippen LogP contribution in [0.15, 0.2) is 36.4 Å². The number of rotatable bonds is 5. The quantitative estimate of drug-likeness (QED) is 0.566. The Morgan fingerprint density at radius 2 is 1.89 bits per heavy atom. The number of likely N-dealkylation sites (tertiary alicyclic amines) is 2. The molecule has 1 spiro atoms. The molecule has 200 valence electrons. The summed E-state index contributed by atoms with van der Waals surface area (Å²) in [7, 11) is 0. The molecule has 2 aromatic carbocycles. The predicted molar refractivity (Wildman–Crippen MR) is 141 cm³/mol. The molecule has 3 unspecified atom stereocenters. The summed E-state index contributed by atoms with van der Waals surface area (Å²) in [5.74, 6) is 1.97. The van der Waals surface area contributed by atoms with Gasteiger partial charge in [0.15, 0.2) is 17.6 Å². The molecule has 2 N–H and O–H groups in total. The molecular formula is C30H33ClN2O5. The van der Waals surface area contributed by atoms with E-state index in [1.54, 1.807) is 30.3 Å². The monoisotopic (exact) mass is 536 g/mol. The van der Waals surface area contributed by atoms with Gasteiger partial charge in [0, 0.05) is 36.1 Å². The fourth-order valence-electron chi connectivity index (χ4n) is 8.57. The summed E-state index contributed by atoms with van der Waals surface area (Å²) in [6.45, 7) is 3.70. The van der Waals surface area contributed by atoms with Crippen LogP contribution < -0.4 is 9.47 Å². The third-order valence-corrected chi connectivity index (χ3v) is 10.6. The number of piperidine rings is 1. The van der Waals surface area contributed by atoms with Crippen molar-refractivity contribution in [3.63, 3.8) is 0 Å². The molecule has 8 rings (SSSR count). The second kappa shape index (κ2) is 7.80. The summed E-state index contributed by atoms with van der Waals surface area (Å²) >= 11 is 6.01. The molecule has 6 aliphatic rings. The number of halogens is 1. The molecule has 0 aromatic heterocycles. The van der Waals surface area contributed by atoms with Crippen molar-refractivity contribution in [2.24, 2.45) is 5.92 Å². The van der Waals surface area contributed by atoms with Gasteiger partial charge in [0.25, 0.3) is 5.91 Å². The first kappa shape index (κ1) is 23.4. The van der Waals surface area contributed by atoms with Crippen molar-refractivity contribution in [3.8, 4) is 17.2 Å². The van der Waals surface area contributed by atoms with E-state index in [1.807, 2.05) is 17.9 Å². The standard InChI is InChI=1S/C30H33ClN2O5/c1-16-2-9-22(34)25-24(16)29-14-21-26(33(21)15-17-3-4-17)30(29,36)12-10-20(27(29)38-25)32-13-11-23(28(32)35)37-19-7-5-18(31)6-8-19/h2,5-9,17,20-21,23,26-27,34,36H,3-4,10-15H2,1H3/t20-,21?,23?,26-,27+,29+,30-,33?/m1/s1. The number of carbonyl (C=O) groups is 1. The number of amides is 1.